The largest absolute Gasteiger partial charge is 0.338 e. The van der Waals surface area contributed by atoms with E-state index in [0.29, 0.717) is 0 Å². The molecule has 1 aromatic rings. The molecule has 24 heavy (non-hydrogen) atoms. The molecule has 2 atom stereocenters. The Balaban J connectivity index is 1.92. The average molecular weight is 330 g/mol. The van der Waals surface area contributed by atoms with Crippen molar-refractivity contribution in [2.24, 2.45) is 5.92 Å². The Hall–Kier alpha value is -2.20. The van der Waals surface area contributed by atoms with E-state index in [1.807, 2.05) is 20.8 Å². The standard InChI is InChI=1S/C17H26N6O/c1-13(2)17(4,12-18)21-15(24)14(3)22-8-10-23(11-9-22)16-19-6-5-7-20-16/h5-7,13-14H,8-11H2,1-4H3,(H,21,24)/t14-,17-/m0/s1. The molecule has 1 aliphatic rings. The Morgan fingerprint density at radius 1 is 1.25 bits per heavy atom. The van der Waals surface area contributed by atoms with Gasteiger partial charge < -0.3 is 10.2 Å². The second-order valence-electron chi connectivity index (χ2n) is 6.71. The maximum Gasteiger partial charge on any atom is 0.238 e. The number of anilines is 1. The number of carbonyl (C=O) groups excluding carboxylic acids is 1. The topological polar surface area (TPSA) is 85.2 Å². The first-order valence-electron chi connectivity index (χ1n) is 8.36. The number of rotatable bonds is 5. The van der Waals surface area contributed by atoms with Gasteiger partial charge >= 0.3 is 0 Å². The predicted molar refractivity (Wildman–Crippen MR) is 92.3 cm³/mol. The average Bonchev–Trinajstić information content (AvgIpc) is 2.61. The van der Waals surface area contributed by atoms with Crippen LogP contribution in [0.5, 0.6) is 0 Å². The fraction of sp³-hybridized carbons (Fsp3) is 0.647. The molecule has 1 saturated heterocycles. The highest BCUT2D eigenvalue weighted by molar-refractivity contribution is 5.82. The van der Waals surface area contributed by atoms with Crippen molar-refractivity contribution in [3.8, 4) is 6.07 Å². The molecule has 2 rings (SSSR count). The van der Waals surface area contributed by atoms with Crippen LogP contribution in [0.2, 0.25) is 0 Å². The molecule has 0 saturated carbocycles. The summed E-state index contributed by atoms with van der Waals surface area (Å²) in [5.41, 5.74) is -0.842. The summed E-state index contributed by atoms with van der Waals surface area (Å²) in [5.74, 6) is 0.675. The normalized spacial score (nSPS) is 19.4. The highest BCUT2D eigenvalue weighted by atomic mass is 16.2. The lowest BCUT2D eigenvalue weighted by Crippen LogP contribution is -2.58. The van der Waals surface area contributed by atoms with E-state index < -0.39 is 5.54 Å². The molecule has 0 spiro atoms. The third-order valence-electron chi connectivity index (χ3n) is 4.85. The van der Waals surface area contributed by atoms with Gasteiger partial charge in [-0.15, -0.1) is 0 Å². The van der Waals surface area contributed by atoms with E-state index in [4.69, 9.17) is 0 Å². The Morgan fingerprint density at radius 2 is 1.83 bits per heavy atom. The molecule has 0 bridgehead atoms. The number of aromatic nitrogens is 2. The van der Waals surface area contributed by atoms with Crippen LogP contribution in [0.25, 0.3) is 0 Å². The van der Waals surface area contributed by atoms with Gasteiger partial charge in [0.15, 0.2) is 0 Å². The minimum atomic E-state index is -0.842. The molecule has 0 radical (unpaired) electrons. The van der Waals surface area contributed by atoms with E-state index in [1.165, 1.54) is 0 Å². The van der Waals surface area contributed by atoms with Crippen LogP contribution in [-0.2, 0) is 4.79 Å². The molecule has 7 nitrogen and oxygen atoms in total. The SMILES string of the molecule is CC(C)[C@](C)(C#N)NC(=O)[C@H](C)N1CCN(c2ncccn2)CC1. The molecule has 0 aliphatic carbocycles. The van der Waals surface area contributed by atoms with E-state index >= 15 is 0 Å². The summed E-state index contributed by atoms with van der Waals surface area (Å²) < 4.78 is 0. The van der Waals surface area contributed by atoms with Crippen LogP contribution >= 0.6 is 0 Å². The van der Waals surface area contributed by atoms with Crippen LogP contribution in [-0.4, -0.2) is 58.5 Å². The van der Waals surface area contributed by atoms with Gasteiger partial charge in [-0.1, -0.05) is 13.8 Å². The number of hydrogen-bond donors (Lipinski definition) is 1. The zero-order valence-corrected chi connectivity index (χ0v) is 14.9. The zero-order valence-electron chi connectivity index (χ0n) is 14.9. The van der Waals surface area contributed by atoms with Gasteiger partial charge in [0, 0.05) is 38.6 Å². The fourth-order valence-corrected chi connectivity index (χ4v) is 2.59. The summed E-state index contributed by atoms with van der Waals surface area (Å²) in [4.78, 5) is 25.3. The lowest BCUT2D eigenvalue weighted by Gasteiger charge is -2.38. The van der Waals surface area contributed by atoms with Crippen molar-refractivity contribution in [2.45, 2.75) is 39.3 Å². The number of hydrogen-bond acceptors (Lipinski definition) is 6. The number of nitrogens with one attached hydrogen (secondary N) is 1. The summed E-state index contributed by atoms with van der Waals surface area (Å²) in [6.45, 7) is 10.6. The fourth-order valence-electron chi connectivity index (χ4n) is 2.59. The number of nitriles is 1. The predicted octanol–water partition coefficient (Wildman–Crippen LogP) is 1.04. The van der Waals surface area contributed by atoms with Crippen LogP contribution in [0.3, 0.4) is 0 Å². The number of amides is 1. The van der Waals surface area contributed by atoms with Gasteiger partial charge in [0.05, 0.1) is 12.1 Å². The Bertz CT molecular complexity index is 591. The molecule has 130 valence electrons. The van der Waals surface area contributed by atoms with Crippen LogP contribution in [0, 0.1) is 17.2 Å². The third kappa shape index (κ3) is 4.01. The van der Waals surface area contributed by atoms with Gasteiger partial charge in [-0.25, -0.2) is 9.97 Å². The van der Waals surface area contributed by atoms with Gasteiger partial charge in [0.25, 0.3) is 0 Å². The van der Waals surface area contributed by atoms with Gasteiger partial charge in [-0.2, -0.15) is 5.26 Å². The Kier molecular flexibility index (Phi) is 5.73. The van der Waals surface area contributed by atoms with Crippen molar-refractivity contribution in [2.75, 3.05) is 31.1 Å². The van der Waals surface area contributed by atoms with Crippen LogP contribution in [0.4, 0.5) is 5.95 Å². The van der Waals surface area contributed by atoms with Gasteiger partial charge in [0.1, 0.15) is 5.54 Å². The molecule has 1 fully saturated rings. The molecule has 0 unspecified atom stereocenters. The lowest BCUT2D eigenvalue weighted by atomic mass is 9.89. The molecular weight excluding hydrogens is 304 g/mol. The summed E-state index contributed by atoms with van der Waals surface area (Å²) in [7, 11) is 0. The quantitative estimate of drug-likeness (QED) is 0.868. The van der Waals surface area contributed by atoms with Crippen molar-refractivity contribution >= 4 is 11.9 Å². The van der Waals surface area contributed by atoms with Crippen LogP contribution in [0.15, 0.2) is 18.5 Å². The van der Waals surface area contributed by atoms with E-state index in [-0.39, 0.29) is 17.9 Å². The summed E-state index contributed by atoms with van der Waals surface area (Å²) in [6.07, 6.45) is 3.47. The van der Waals surface area contributed by atoms with Crippen LogP contribution in [0.1, 0.15) is 27.7 Å². The first kappa shape index (κ1) is 18.1. The second-order valence-corrected chi connectivity index (χ2v) is 6.71. The molecule has 1 N–H and O–H groups in total. The minimum absolute atomic E-state index is 0.0470. The molecule has 0 aromatic carbocycles. The number of piperazine rings is 1. The smallest absolute Gasteiger partial charge is 0.238 e. The second kappa shape index (κ2) is 7.58. The van der Waals surface area contributed by atoms with Crippen molar-refractivity contribution in [1.29, 1.82) is 5.26 Å². The van der Waals surface area contributed by atoms with Crippen molar-refractivity contribution in [3.63, 3.8) is 0 Å². The Morgan fingerprint density at radius 3 is 2.33 bits per heavy atom. The Labute approximate surface area is 143 Å². The third-order valence-corrected chi connectivity index (χ3v) is 4.85. The minimum Gasteiger partial charge on any atom is -0.338 e. The van der Waals surface area contributed by atoms with E-state index in [9.17, 15) is 10.1 Å². The van der Waals surface area contributed by atoms with E-state index in [2.05, 4.69) is 31.2 Å². The molecule has 1 aliphatic heterocycles. The van der Waals surface area contributed by atoms with Crippen LogP contribution < -0.4 is 10.2 Å². The van der Waals surface area contributed by atoms with E-state index in [0.717, 1.165) is 32.1 Å². The molecule has 1 amide bonds. The maximum absolute atomic E-state index is 12.5. The summed E-state index contributed by atoms with van der Waals surface area (Å²) >= 11 is 0. The van der Waals surface area contributed by atoms with Gasteiger partial charge in [-0.05, 0) is 25.8 Å². The lowest BCUT2D eigenvalue weighted by molar-refractivity contribution is -0.127. The monoisotopic (exact) mass is 330 g/mol. The molecular formula is C17H26N6O. The van der Waals surface area contributed by atoms with Gasteiger partial charge in [0.2, 0.25) is 11.9 Å². The molecule has 7 heteroatoms. The van der Waals surface area contributed by atoms with Crippen molar-refractivity contribution in [3.05, 3.63) is 18.5 Å². The maximum atomic E-state index is 12.5. The first-order chi connectivity index (χ1) is 11.4. The van der Waals surface area contributed by atoms with E-state index in [1.54, 1.807) is 25.4 Å². The molecule has 1 aromatic heterocycles. The molecule has 2 heterocycles. The van der Waals surface area contributed by atoms with Gasteiger partial charge in [-0.3, -0.25) is 9.69 Å². The number of nitrogens with zero attached hydrogens (tertiary/aromatic N) is 5. The zero-order chi connectivity index (χ0) is 17.7. The highest BCUT2D eigenvalue weighted by Gasteiger charge is 2.34. The summed E-state index contributed by atoms with van der Waals surface area (Å²) in [6, 6.07) is 3.75. The van der Waals surface area contributed by atoms with Crippen molar-refractivity contribution in [1.82, 2.24) is 20.2 Å². The highest BCUT2D eigenvalue weighted by Crippen LogP contribution is 2.17. The summed E-state index contributed by atoms with van der Waals surface area (Å²) in [5, 5.41) is 12.3. The van der Waals surface area contributed by atoms with Crippen molar-refractivity contribution < 1.29 is 4.79 Å². The number of carbonyl (C=O) groups is 1. The first-order valence-corrected chi connectivity index (χ1v) is 8.36.